The third-order valence-electron chi connectivity index (χ3n) is 4.04. The van der Waals surface area contributed by atoms with Crippen LogP contribution >= 0.6 is 0 Å². The van der Waals surface area contributed by atoms with Crippen LogP contribution in [0.5, 0.6) is 0 Å². The SMILES string of the molecule is Cc1ccccc1-n1cc(CN(C)C(=O)CN2CC(=O)NC2=O)cn1. The van der Waals surface area contributed by atoms with Crippen molar-refractivity contribution in [1.29, 1.82) is 0 Å². The standard InChI is InChI=1S/C17H19N5O3/c1-12-5-3-4-6-14(12)22-9-13(7-18-22)8-20(2)16(24)11-21-10-15(23)19-17(21)25/h3-7,9H,8,10-11H2,1-2H3,(H,19,23,25). The van der Waals surface area contributed by atoms with Gasteiger partial charge in [0.05, 0.1) is 11.9 Å². The number of aromatic nitrogens is 2. The van der Waals surface area contributed by atoms with Gasteiger partial charge in [-0.15, -0.1) is 0 Å². The van der Waals surface area contributed by atoms with Crippen LogP contribution < -0.4 is 5.32 Å². The number of imide groups is 1. The summed E-state index contributed by atoms with van der Waals surface area (Å²) in [6.07, 6.45) is 3.58. The Morgan fingerprint density at radius 1 is 1.32 bits per heavy atom. The topological polar surface area (TPSA) is 87.5 Å². The van der Waals surface area contributed by atoms with Crippen molar-refractivity contribution in [2.45, 2.75) is 13.5 Å². The summed E-state index contributed by atoms with van der Waals surface area (Å²) in [6.45, 7) is 2.17. The molecule has 130 valence electrons. The summed E-state index contributed by atoms with van der Waals surface area (Å²) >= 11 is 0. The lowest BCUT2D eigenvalue weighted by Gasteiger charge is -2.19. The minimum absolute atomic E-state index is 0.0797. The number of benzene rings is 1. The van der Waals surface area contributed by atoms with Crippen LogP contribution in [0.2, 0.25) is 0 Å². The molecule has 3 rings (SSSR count). The summed E-state index contributed by atoms with van der Waals surface area (Å²) in [7, 11) is 1.66. The summed E-state index contributed by atoms with van der Waals surface area (Å²) in [5, 5.41) is 6.50. The number of hydrogen-bond donors (Lipinski definition) is 1. The summed E-state index contributed by atoms with van der Waals surface area (Å²) < 4.78 is 1.77. The van der Waals surface area contributed by atoms with E-state index in [0.717, 1.165) is 16.8 Å². The first kappa shape index (κ1) is 16.7. The van der Waals surface area contributed by atoms with E-state index in [1.165, 1.54) is 9.80 Å². The Bertz CT molecular complexity index is 829. The van der Waals surface area contributed by atoms with Crippen molar-refractivity contribution in [3.8, 4) is 5.69 Å². The van der Waals surface area contributed by atoms with Crippen LogP contribution in [0.3, 0.4) is 0 Å². The molecule has 0 radical (unpaired) electrons. The highest BCUT2D eigenvalue weighted by molar-refractivity contribution is 6.03. The van der Waals surface area contributed by atoms with Crippen LogP contribution in [0.25, 0.3) is 5.69 Å². The summed E-state index contributed by atoms with van der Waals surface area (Å²) in [5.74, 6) is -0.631. The van der Waals surface area contributed by atoms with Crippen molar-refractivity contribution in [1.82, 2.24) is 24.9 Å². The third kappa shape index (κ3) is 3.68. The molecule has 4 amide bonds. The molecule has 0 atom stereocenters. The van der Waals surface area contributed by atoms with Gasteiger partial charge in [-0.05, 0) is 18.6 Å². The molecule has 1 saturated heterocycles. The van der Waals surface area contributed by atoms with Crippen molar-refractivity contribution >= 4 is 17.8 Å². The molecule has 1 fully saturated rings. The molecule has 2 heterocycles. The molecule has 25 heavy (non-hydrogen) atoms. The van der Waals surface area contributed by atoms with Gasteiger partial charge in [0.25, 0.3) is 0 Å². The molecule has 8 nitrogen and oxygen atoms in total. The number of rotatable bonds is 5. The van der Waals surface area contributed by atoms with Crippen molar-refractivity contribution in [3.05, 3.63) is 47.8 Å². The second kappa shape index (κ2) is 6.76. The quantitative estimate of drug-likeness (QED) is 0.811. The molecular weight excluding hydrogens is 322 g/mol. The van der Waals surface area contributed by atoms with Crippen LogP contribution in [0, 0.1) is 6.92 Å². The number of urea groups is 1. The van der Waals surface area contributed by atoms with Gasteiger partial charge in [-0.3, -0.25) is 14.9 Å². The molecule has 0 aliphatic carbocycles. The Morgan fingerprint density at radius 2 is 2.08 bits per heavy atom. The Hall–Kier alpha value is -3.16. The maximum Gasteiger partial charge on any atom is 0.325 e. The second-order valence-corrected chi connectivity index (χ2v) is 6.04. The van der Waals surface area contributed by atoms with Gasteiger partial charge < -0.3 is 9.80 Å². The first-order valence-corrected chi connectivity index (χ1v) is 7.86. The molecule has 1 N–H and O–H groups in total. The van der Waals surface area contributed by atoms with Crippen LogP contribution in [0.1, 0.15) is 11.1 Å². The minimum atomic E-state index is -0.529. The Labute approximate surface area is 145 Å². The molecule has 1 aliphatic heterocycles. The van der Waals surface area contributed by atoms with Gasteiger partial charge in [-0.25, -0.2) is 9.48 Å². The number of carbonyl (C=O) groups is 3. The highest BCUT2D eigenvalue weighted by atomic mass is 16.2. The van der Waals surface area contributed by atoms with Gasteiger partial charge in [-0.2, -0.15) is 5.10 Å². The Balaban J connectivity index is 1.62. The predicted molar refractivity (Wildman–Crippen MR) is 89.9 cm³/mol. The van der Waals surface area contributed by atoms with Gasteiger partial charge in [0.2, 0.25) is 11.8 Å². The predicted octanol–water partition coefficient (Wildman–Crippen LogP) is 0.691. The van der Waals surface area contributed by atoms with Crippen molar-refractivity contribution in [2.24, 2.45) is 0 Å². The van der Waals surface area contributed by atoms with E-state index in [1.807, 2.05) is 37.4 Å². The largest absolute Gasteiger partial charge is 0.340 e. The number of hydrogen-bond acceptors (Lipinski definition) is 4. The fourth-order valence-electron chi connectivity index (χ4n) is 2.65. The van der Waals surface area contributed by atoms with Crippen molar-refractivity contribution in [2.75, 3.05) is 20.1 Å². The maximum atomic E-state index is 12.3. The molecule has 8 heteroatoms. The maximum absolute atomic E-state index is 12.3. The minimum Gasteiger partial charge on any atom is -0.340 e. The highest BCUT2D eigenvalue weighted by Crippen LogP contribution is 2.14. The number of amides is 4. The number of nitrogens with one attached hydrogen (secondary N) is 1. The molecule has 0 saturated carbocycles. The monoisotopic (exact) mass is 341 g/mol. The zero-order chi connectivity index (χ0) is 18.0. The number of likely N-dealkylation sites (N-methyl/N-ethyl adjacent to an activating group) is 1. The summed E-state index contributed by atoms with van der Waals surface area (Å²) in [6, 6.07) is 7.37. The van der Waals surface area contributed by atoms with E-state index < -0.39 is 6.03 Å². The molecular formula is C17H19N5O3. The fraction of sp³-hybridized carbons (Fsp3) is 0.294. The Kier molecular flexibility index (Phi) is 4.51. The molecule has 0 spiro atoms. The van der Waals surface area contributed by atoms with Gasteiger partial charge in [-0.1, -0.05) is 18.2 Å². The number of nitrogens with zero attached hydrogens (tertiary/aromatic N) is 4. The molecule has 1 aromatic carbocycles. The van der Waals surface area contributed by atoms with Crippen molar-refractivity contribution < 1.29 is 14.4 Å². The number of carbonyl (C=O) groups excluding carboxylic acids is 3. The highest BCUT2D eigenvalue weighted by Gasteiger charge is 2.29. The summed E-state index contributed by atoms with van der Waals surface area (Å²) in [4.78, 5) is 37.6. The van der Waals surface area contributed by atoms with Gasteiger partial charge >= 0.3 is 6.03 Å². The van der Waals surface area contributed by atoms with E-state index in [-0.39, 0.29) is 24.9 Å². The van der Waals surface area contributed by atoms with Crippen LogP contribution in [0.4, 0.5) is 4.79 Å². The van der Waals surface area contributed by atoms with E-state index in [2.05, 4.69) is 10.4 Å². The van der Waals surface area contributed by atoms with E-state index in [4.69, 9.17) is 0 Å². The average molecular weight is 341 g/mol. The van der Waals surface area contributed by atoms with Crippen LogP contribution in [-0.2, 0) is 16.1 Å². The van der Waals surface area contributed by atoms with Crippen molar-refractivity contribution in [3.63, 3.8) is 0 Å². The molecule has 1 aromatic heterocycles. The van der Waals surface area contributed by atoms with Crippen LogP contribution in [-0.4, -0.2) is 57.6 Å². The van der Waals surface area contributed by atoms with Gasteiger partial charge in [0.15, 0.2) is 0 Å². The smallest absolute Gasteiger partial charge is 0.325 e. The first-order valence-electron chi connectivity index (χ1n) is 7.86. The molecule has 2 aromatic rings. The van der Waals surface area contributed by atoms with E-state index in [9.17, 15) is 14.4 Å². The number of para-hydroxylation sites is 1. The number of aryl methyl sites for hydroxylation is 1. The second-order valence-electron chi connectivity index (χ2n) is 6.04. The molecule has 0 unspecified atom stereocenters. The zero-order valence-electron chi connectivity index (χ0n) is 14.1. The third-order valence-corrected chi connectivity index (χ3v) is 4.04. The lowest BCUT2D eigenvalue weighted by atomic mass is 10.2. The van der Waals surface area contributed by atoms with E-state index in [0.29, 0.717) is 6.54 Å². The van der Waals surface area contributed by atoms with E-state index >= 15 is 0 Å². The lowest BCUT2D eigenvalue weighted by Crippen LogP contribution is -2.39. The molecule has 1 aliphatic rings. The van der Waals surface area contributed by atoms with Gasteiger partial charge in [0, 0.05) is 25.4 Å². The summed E-state index contributed by atoms with van der Waals surface area (Å²) in [5.41, 5.74) is 2.96. The normalized spacial score (nSPS) is 13.9. The van der Waals surface area contributed by atoms with Crippen LogP contribution in [0.15, 0.2) is 36.7 Å². The Morgan fingerprint density at radius 3 is 2.76 bits per heavy atom. The first-order chi connectivity index (χ1) is 11.9. The fourth-order valence-corrected chi connectivity index (χ4v) is 2.65. The average Bonchev–Trinajstić information content (AvgIpc) is 3.14. The molecule has 0 bridgehead atoms. The lowest BCUT2D eigenvalue weighted by molar-refractivity contribution is -0.131. The zero-order valence-corrected chi connectivity index (χ0v) is 14.1. The van der Waals surface area contributed by atoms with Gasteiger partial charge in [0.1, 0.15) is 13.1 Å². The van der Waals surface area contributed by atoms with E-state index in [1.54, 1.807) is 17.9 Å².